The highest BCUT2D eigenvalue weighted by Crippen LogP contribution is 2.50. The Bertz CT molecular complexity index is 142. The van der Waals surface area contributed by atoms with Gasteiger partial charge in [-0.25, -0.2) is 0 Å². The summed E-state index contributed by atoms with van der Waals surface area (Å²) in [5.41, 5.74) is 0.308. The molecular weight excluding hydrogens is 124 g/mol. The van der Waals surface area contributed by atoms with Gasteiger partial charge in [0.2, 0.25) is 0 Å². The lowest BCUT2D eigenvalue weighted by molar-refractivity contribution is 0.0115. The molecule has 0 aliphatic heterocycles. The van der Waals surface area contributed by atoms with Crippen LogP contribution < -0.4 is 0 Å². The molecule has 1 heteroatoms. The standard InChI is InChI=1S/C9H16O/c1-9-5-4-7(6-9)2-3-8(9)10/h7-8,10H,2-6H2,1H3/t7-,8+,9+/m0/s1. The van der Waals surface area contributed by atoms with Gasteiger partial charge in [0.15, 0.2) is 0 Å². The Morgan fingerprint density at radius 3 is 2.80 bits per heavy atom. The van der Waals surface area contributed by atoms with Crippen LogP contribution >= 0.6 is 0 Å². The third-order valence-electron chi connectivity index (χ3n) is 3.53. The molecule has 58 valence electrons. The number of hydrogen-bond acceptors (Lipinski definition) is 1. The maximum absolute atomic E-state index is 9.65. The topological polar surface area (TPSA) is 20.2 Å². The van der Waals surface area contributed by atoms with Gasteiger partial charge in [0.25, 0.3) is 0 Å². The summed E-state index contributed by atoms with van der Waals surface area (Å²) in [7, 11) is 0. The van der Waals surface area contributed by atoms with E-state index >= 15 is 0 Å². The molecule has 0 saturated heterocycles. The van der Waals surface area contributed by atoms with Crippen molar-refractivity contribution < 1.29 is 5.11 Å². The van der Waals surface area contributed by atoms with Gasteiger partial charge in [0, 0.05) is 0 Å². The Balaban J connectivity index is 2.17. The van der Waals surface area contributed by atoms with E-state index in [1.54, 1.807) is 0 Å². The van der Waals surface area contributed by atoms with E-state index < -0.39 is 0 Å². The van der Waals surface area contributed by atoms with Gasteiger partial charge in [-0.05, 0) is 43.4 Å². The van der Waals surface area contributed by atoms with Crippen LogP contribution in [0.25, 0.3) is 0 Å². The van der Waals surface area contributed by atoms with Crippen LogP contribution in [0.3, 0.4) is 0 Å². The molecule has 0 unspecified atom stereocenters. The fourth-order valence-electron chi connectivity index (χ4n) is 2.69. The quantitative estimate of drug-likeness (QED) is 0.545. The van der Waals surface area contributed by atoms with Crippen molar-refractivity contribution in [3.05, 3.63) is 0 Å². The van der Waals surface area contributed by atoms with Crippen molar-refractivity contribution in [2.24, 2.45) is 11.3 Å². The minimum absolute atomic E-state index is 0.00579. The molecule has 0 aromatic heterocycles. The Labute approximate surface area is 62.4 Å². The highest BCUT2D eigenvalue weighted by atomic mass is 16.3. The fraction of sp³-hybridized carbons (Fsp3) is 1.00. The zero-order valence-corrected chi connectivity index (χ0v) is 6.64. The first kappa shape index (κ1) is 6.66. The summed E-state index contributed by atoms with van der Waals surface area (Å²) in [5, 5.41) is 9.65. The maximum atomic E-state index is 9.65. The van der Waals surface area contributed by atoms with Gasteiger partial charge in [-0.1, -0.05) is 6.92 Å². The summed E-state index contributed by atoms with van der Waals surface area (Å²) in [5.74, 6) is 0.952. The predicted molar refractivity (Wildman–Crippen MR) is 40.7 cm³/mol. The van der Waals surface area contributed by atoms with Gasteiger partial charge in [-0.15, -0.1) is 0 Å². The van der Waals surface area contributed by atoms with Gasteiger partial charge in [0.1, 0.15) is 0 Å². The van der Waals surface area contributed by atoms with Crippen molar-refractivity contribution in [2.45, 2.75) is 45.1 Å². The van der Waals surface area contributed by atoms with Crippen LogP contribution in [0.1, 0.15) is 39.0 Å². The Hall–Kier alpha value is -0.0400. The molecule has 0 spiro atoms. The monoisotopic (exact) mass is 140 g/mol. The Kier molecular flexibility index (Phi) is 1.31. The second kappa shape index (κ2) is 1.97. The molecule has 0 aromatic rings. The van der Waals surface area contributed by atoms with E-state index in [4.69, 9.17) is 0 Å². The van der Waals surface area contributed by atoms with Gasteiger partial charge in [-0.2, -0.15) is 0 Å². The van der Waals surface area contributed by atoms with Gasteiger partial charge in [-0.3, -0.25) is 0 Å². The highest BCUT2D eigenvalue weighted by Gasteiger charge is 2.44. The van der Waals surface area contributed by atoms with Crippen molar-refractivity contribution >= 4 is 0 Å². The lowest BCUT2D eigenvalue weighted by atomic mass is 9.75. The van der Waals surface area contributed by atoms with E-state index in [2.05, 4.69) is 6.92 Å². The smallest absolute Gasteiger partial charge is 0.0594 e. The number of fused-ring (bicyclic) bond motifs is 2. The molecule has 1 N–H and O–H groups in total. The van der Waals surface area contributed by atoms with E-state index in [1.807, 2.05) is 0 Å². The van der Waals surface area contributed by atoms with Crippen LogP contribution in [0, 0.1) is 11.3 Å². The average Bonchev–Trinajstić information content (AvgIpc) is 2.22. The van der Waals surface area contributed by atoms with Crippen molar-refractivity contribution in [1.82, 2.24) is 0 Å². The predicted octanol–water partition coefficient (Wildman–Crippen LogP) is 1.95. The average molecular weight is 140 g/mol. The van der Waals surface area contributed by atoms with Crippen LogP contribution in [0.2, 0.25) is 0 Å². The van der Waals surface area contributed by atoms with Crippen LogP contribution in [0.5, 0.6) is 0 Å². The zero-order valence-electron chi connectivity index (χ0n) is 6.64. The van der Waals surface area contributed by atoms with E-state index in [0.29, 0.717) is 5.41 Å². The maximum Gasteiger partial charge on any atom is 0.0594 e. The third kappa shape index (κ3) is 0.800. The fourth-order valence-corrected chi connectivity index (χ4v) is 2.69. The minimum atomic E-state index is 0.00579. The van der Waals surface area contributed by atoms with Crippen LogP contribution in [0.15, 0.2) is 0 Å². The van der Waals surface area contributed by atoms with Gasteiger partial charge >= 0.3 is 0 Å². The van der Waals surface area contributed by atoms with Crippen LogP contribution in [-0.2, 0) is 0 Å². The van der Waals surface area contributed by atoms with Crippen LogP contribution in [0.4, 0.5) is 0 Å². The lowest BCUT2D eigenvalue weighted by Crippen LogP contribution is -2.32. The lowest BCUT2D eigenvalue weighted by Gasteiger charge is -2.34. The molecule has 3 atom stereocenters. The van der Waals surface area contributed by atoms with E-state index in [-0.39, 0.29) is 6.10 Å². The largest absolute Gasteiger partial charge is 0.393 e. The second-order valence-electron chi connectivity index (χ2n) is 4.36. The number of rotatable bonds is 0. The second-order valence-corrected chi connectivity index (χ2v) is 4.36. The van der Waals surface area contributed by atoms with E-state index in [1.165, 1.54) is 25.7 Å². The molecule has 2 rings (SSSR count). The minimum Gasteiger partial charge on any atom is -0.393 e. The summed E-state index contributed by atoms with van der Waals surface area (Å²) >= 11 is 0. The van der Waals surface area contributed by atoms with E-state index in [0.717, 1.165) is 12.3 Å². The molecule has 2 fully saturated rings. The molecule has 2 aliphatic carbocycles. The van der Waals surface area contributed by atoms with Crippen molar-refractivity contribution in [3.8, 4) is 0 Å². The number of aliphatic hydroxyl groups excluding tert-OH is 1. The molecule has 0 amide bonds. The Morgan fingerprint density at radius 1 is 1.30 bits per heavy atom. The van der Waals surface area contributed by atoms with Gasteiger partial charge < -0.3 is 5.11 Å². The van der Waals surface area contributed by atoms with Crippen molar-refractivity contribution in [2.75, 3.05) is 0 Å². The molecule has 0 aromatic carbocycles. The molecule has 2 bridgehead atoms. The van der Waals surface area contributed by atoms with Crippen molar-refractivity contribution in [3.63, 3.8) is 0 Å². The third-order valence-corrected chi connectivity index (χ3v) is 3.53. The summed E-state index contributed by atoms with van der Waals surface area (Å²) in [6.07, 6.45) is 6.25. The van der Waals surface area contributed by atoms with Gasteiger partial charge in [0.05, 0.1) is 6.10 Å². The highest BCUT2D eigenvalue weighted by molar-refractivity contribution is 4.95. The first-order valence-corrected chi connectivity index (χ1v) is 4.39. The molecule has 10 heavy (non-hydrogen) atoms. The normalized spacial score (nSPS) is 53.4. The van der Waals surface area contributed by atoms with E-state index in [9.17, 15) is 5.11 Å². The molecule has 2 saturated carbocycles. The first-order valence-electron chi connectivity index (χ1n) is 4.39. The molecule has 0 radical (unpaired) electrons. The SMILES string of the molecule is C[C@]12CC[C@H](CC[C@H]1O)C2. The number of hydrogen-bond donors (Lipinski definition) is 1. The number of aliphatic hydroxyl groups is 1. The van der Waals surface area contributed by atoms with Crippen LogP contribution in [-0.4, -0.2) is 11.2 Å². The summed E-state index contributed by atoms with van der Waals surface area (Å²) in [4.78, 5) is 0. The summed E-state index contributed by atoms with van der Waals surface area (Å²) in [6, 6.07) is 0. The summed E-state index contributed by atoms with van der Waals surface area (Å²) in [6.45, 7) is 2.25. The Morgan fingerprint density at radius 2 is 2.10 bits per heavy atom. The molecule has 1 nitrogen and oxygen atoms in total. The molecular formula is C9H16O. The van der Waals surface area contributed by atoms with Crippen molar-refractivity contribution in [1.29, 1.82) is 0 Å². The zero-order chi connectivity index (χ0) is 7.19. The molecule has 0 heterocycles. The first-order chi connectivity index (χ1) is 4.71. The summed E-state index contributed by atoms with van der Waals surface area (Å²) < 4.78 is 0. The molecule has 2 aliphatic rings.